The molecular weight excluding hydrogens is 274 g/mol. The molecule has 1 aromatic carbocycles. The number of amides is 1. The summed E-state index contributed by atoms with van der Waals surface area (Å²) in [6, 6.07) is 7.57. The molecule has 1 aromatic rings. The number of carbonyl (C=O) groups is 2. The van der Waals surface area contributed by atoms with Crippen molar-refractivity contribution in [3.05, 3.63) is 24.3 Å². The summed E-state index contributed by atoms with van der Waals surface area (Å²) < 4.78 is 0. The molecule has 0 radical (unpaired) electrons. The van der Waals surface area contributed by atoms with Crippen LogP contribution in [0, 0.1) is 11.8 Å². The standard InChI is InChI=1S/C15H19NO3S/c1-20-13-9-5-4-8-12(13)16-14(17)10-6-2-3-7-11(10)15(18)19/h4-5,8-11H,2-3,6-7H2,1H3,(H,16,17)(H,18,19)/t10-,11-/m0/s1. The van der Waals surface area contributed by atoms with E-state index in [2.05, 4.69) is 5.32 Å². The van der Waals surface area contributed by atoms with Crippen LogP contribution in [0.1, 0.15) is 25.7 Å². The van der Waals surface area contributed by atoms with E-state index < -0.39 is 17.8 Å². The normalized spacial score (nSPS) is 22.2. The molecule has 0 aliphatic heterocycles. The van der Waals surface area contributed by atoms with Gasteiger partial charge in [-0.2, -0.15) is 0 Å². The third-order valence-electron chi connectivity index (χ3n) is 3.78. The Morgan fingerprint density at radius 2 is 1.85 bits per heavy atom. The molecule has 2 rings (SSSR count). The Kier molecular flexibility index (Phi) is 5.06. The lowest BCUT2D eigenvalue weighted by Crippen LogP contribution is -2.36. The molecule has 0 saturated heterocycles. The van der Waals surface area contributed by atoms with E-state index in [9.17, 15) is 14.7 Å². The number of benzene rings is 1. The van der Waals surface area contributed by atoms with Crippen LogP contribution in [0.25, 0.3) is 0 Å². The maximum Gasteiger partial charge on any atom is 0.307 e. The van der Waals surface area contributed by atoms with E-state index in [4.69, 9.17) is 0 Å². The van der Waals surface area contributed by atoms with Gasteiger partial charge in [0.05, 0.1) is 17.5 Å². The topological polar surface area (TPSA) is 66.4 Å². The Bertz CT molecular complexity index is 504. The molecule has 4 nitrogen and oxygen atoms in total. The van der Waals surface area contributed by atoms with Crippen molar-refractivity contribution in [1.29, 1.82) is 0 Å². The quantitative estimate of drug-likeness (QED) is 0.836. The summed E-state index contributed by atoms with van der Waals surface area (Å²) in [6.45, 7) is 0. The number of hydrogen-bond acceptors (Lipinski definition) is 3. The molecule has 5 heteroatoms. The van der Waals surface area contributed by atoms with Crippen LogP contribution in [0.2, 0.25) is 0 Å². The molecule has 2 atom stereocenters. The van der Waals surface area contributed by atoms with E-state index in [1.54, 1.807) is 11.8 Å². The van der Waals surface area contributed by atoms with Gasteiger partial charge in [-0.25, -0.2) is 0 Å². The zero-order chi connectivity index (χ0) is 14.5. The van der Waals surface area contributed by atoms with E-state index >= 15 is 0 Å². The molecule has 1 saturated carbocycles. The van der Waals surface area contributed by atoms with Gasteiger partial charge in [0.15, 0.2) is 0 Å². The summed E-state index contributed by atoms with van der Waals surface area (Å²) in [6.07, 6.45) is 5.02. The molecule has 1 aliphatic carbocycles. The fourth-order valence-electron chi connectivity index (χ4n) is 2.71. The Balaban J connectivity index is 2.12. The number of carboxylic acids is 1. The van der Waals surface area contributed by atoms with Gasteiger partial charge in [-0.15, -0.1) is 11.8 Å². The average Bonchev–Trinajstić information content (AvgIpc) is 2.47. The van der Waals surface area contributed by atoms with Gasteiger partial charge in [-0.3, -0.25) is 9.59 Å². The van der Waals surface area contributed by atoms with Gasteiger partial charge in [0.2, 0.25) is 5.91 Å². The van der Waals surface area contributed by atoms with Crippen molar-refractivity contribution < 1.29 is 14.7 Å². The fraction of sp³-hybridized carbons (Fsp3) is 0.467. The van der Waals surface area contributed by atoms with Crippen LogP contribution in [0.5, 0.6) is 0 Å². The van der Waals surface area contributed by atoms with Gasteiger partial charge >= 0.3 is 5.97 Å². The predicted molar refractivity (Wildman–Crippen MR) is 79.9 cm³/mol. The predicted octanol–water partition coefficient (Wildman–Crippen LogP) is 3.24. The van der Waals surface area contributed by atoms with E-state index in [-0.39, 0.29) is 5.91 Å². The number of nitrogens with one attached hydrogen (secondary N) is 1. The monoisotopic (exact) mass is 293 g/mol. The van der Waals surface area contributed by atoms with E-state index in [1.165, 1.54) is 0 Å². The lowest BCUT2D eigenvalue weighted by Gasteiger charge is -2.27. The number of para-hydroxylation sites is 1. The second-order valence-corrected chi connectivity index (χ2v) is 5.87. The van der Waals surface area contributed by atoms with Gasteiger partial charge in [-0.05, 0) is 31.2 Å². The van der Waals surface area contributed by atoms with Crippen molar-refractivity contribution in [3.63, 3.8) is 0 Å². The highest BCUT2D eigenvalue weighted by Crippen LogP contribution is 2.32. The zero-order valence-electron chi connectivity index (χ0n) is 11.5. The first kappa shape index (κ1) is 14.9. The lowest BCUT2D eigenvalue weighted by atomic mass is 9.78. The molecule has 0 heterocycles. The van der Waals surface area contributed by atoms with E-state index in [0.717, 1.165) is 23.4 Å². The second kappa shape index (κ2) is 6.79. The average molecular weight is 293 g/mol. The van der Waals surface area contributed by atoms with Crippen LogP contribution < -0.4 is 5.32 Å². The molecule has 1 fully saturated rings. The number of aliphatic carboxylic acids is 1. The second-order valence-electron chi connectivity index (χ2n) is 5.03. The van der Waals surface area contributed by atoms with Crippen molar-refractivity contribution in [1.82, 2.24) is 0 Å². The van der Waals surface area contributed by atoms with Crippen molar-refractivity contribution in [2.45, 2.75) is 30.6 Å². The zero-order valence-corrected chi connectivity index (χ0v) is 12.3. The van der Waals surface area contributed by atoms with Gasteiger partial charge in [0.1, 0.15) is 0 Å². The largest absolute Gasteiger partial charge is 0.481 e. The van der Waals surface area contributed by atoms with Gasteiger partial charge < -0.3 is 10.4 Å². The minimum absolute atomic E-state index is 0.168. The summed E-state index contributed by atoms with van der Waals surface area (Å²) >= 11 is 1.56. The molecule has 1 amide bonds. The third kappa shape index (κ3) is 3.33. The van der Waals surface area contributed by atoms with Crippen LogP contribution in [-0.4, -0.2) is 23.2 Å². The first-order valence-corrected chi connectivity index (χ1v) is 8.02. The van der Waals surface area contributed by atoms with Gasteiger partial charge in [0.25, 0.3) is 0 Å². The highest BCUT2D eigenvalue weighted by Gasteiger charge is 2.35. The number of rotatable bonds is 4. The molecule has 0 spiro atoms. The van der Waals surface area contributed by atoms with Crippen molar-refractivity contribution in [2.75, 3.05) is 11.6 Å². The molecule has 0 bridgehead atoms. The third-order valence-corrected chi connectivity index (χ3v) is 4.58. The summed E-state index contributed by atoms with van der Waals surface area (Å²) in [5, 5.41) is 12.1. The fourth-order valence-corrected chi connectivity index (χ4v) is 3.27. The number of carbonyl (C=O) groups excluding carboxylic acids is 1. The molecule has 0 aromatic heterocycles. The molecule has 2 N–H and O–H groups in total. The Hall–Kier alpha value is -1.49. The van der Waals surface area contributed by atoms with Crippen molar-refractivity contribution in [2.24, 2.45) is 11.8 Å². The lowest BCUT2D eigenvalue weighted by molar-refractivity contribution is -0.147. The van der Waals surface area contributed by atoms with Gasteiger partial charge in [0, 0.05) is 4.90 Å². The van der Waals surface area contributed by atoms with Crippen LogP contribution in [0.4, 0.5) is 5.69 Å². The SMILES string of the molecule is CSc1ccccc1NC(=O)[C@H]1CCCC[C@@H]1C(=O)O. The number of thioether (sulfide) groups is 1. The highest BCUT2D eigenvalue weighted by molar-refractivity contribution is 7.98. The van der Waals surface area contributed by atoms with Crippen LogP contribution in [-0.2, 0) is 9.59 Å². The van der Waals surface area contributed by atoms with E-state index in [1.807, 2.05) is 30.5 Å². The number of anilines is 1. The summed E-state index contributed by atoms with van der Waals surface area (Å²) in [4.78, 5) is 24.6. The maximum absolute atomic E-state index is 12.4. The van der Waals surface area contributed by atoms with Crippen LogP contribution >= 0.6 is 11.8 Å². The molecular formula is C15H19NO3S. The first-order chi connectivity index (χ1) is 9.63. The summed E-state index contributed by atoms with van der Waals surface area (Å²) in [5.74, 6) is -2.00. The Morgan fingerprint density at radius 3 is 2.50 bits per heavy atom. The molecule has 20 heavy (non-hydrogen) atoms. The first-order valence-electron chi connectivity index (χ1n) is 6.80. The maximum atomic E-state index is 12.4. The number of hydrogen-bond donors (Lipinski definition) is 2. The molecule has 108 valence electrons. The minimum atomic E-state index is -0.858. The van der Waals surface area contributed by atoms with Crippen molar-refractivity contribution in [3.8, 4) is 0 Å². The van der Waals surface area contributed by atoms with Crippen LogP contribution in [0.3, 0.4) is 0 Å². The van der Waals surface area contributed by atoms with Crippen molar-refractivity contribution >= 4 is 29.3 Å². The molecule has 1 aliphatic rings. The molecule has 0 unspecified atom stereocenters. The highest BCUT2D eigenvalue weighted by atomic mass is 32.2. The Labute approximate surface area is 123 Å². The van der Waals surface area contributed by atoms with E-state index in [0.29, 0.717) is 12.8 Å². The minimum Gasteiger partial charge on any atom is -0.481 e. The summed E-state index contributed by atoms with van der Waals surface area (Å²) in [5.41, 5.74) is 0.764. The summed E-state index contributed by atoms with van der Waals surface area (Å²) in [7, 11) is 0. The smallest absolute Gasteiger partial charge is 0.307 e. The Morgan fingerprint density at radius 1 is 1.20 bits per heavy atom. The number of carboxylic acid groups (broad SMARTS) is 1. The van der Waals surface area contributed by atoms with Crippen LogP contribution in [0.15, 0.2) is 29.2 Å². The van der Waals surface area contributed by atoms with Gasteiger partial charge in [-0.1, -0.05) is 25.0 Å².